The Hall–Kier alpha value is -1.76. The van der Waals surface area contributed by atoms with Gasteiger partial charge in [0, 0.05) is 16.2 Å². The zero-order valence-corrected chi connectivity index (χ0v) is 9.37. The molecule has 1 heteroatoms. The maximum absolute atomic E-state index is 5.87. The molecule has 78 valence electrons. The van der Waals surface area contributed by atoms with E-state index in [1.165, 1.54) is 21.9 Å². The molecule has 2 aromatic carbocycles. The molecule has 0 bridgehead atoms. The van der Waals surface area contributed by atoms with Gasteiger partial charge in [0.25, 0.3) is 0 Å². The summed E-state index contributed by atoms with van der Waals surface area (Å²) in [5.41, 5.74) is 4.94. The quantitative estimate of drug-likeness (QED) is 0.539. The number of benzene rings is 2. The van der Waals surface area contributed by atoms with Crippen LogP contribution in [0.2, 0.25) is 0 Å². The minimum Gasteiger partial charge on any atom is -0.456 e. The minimum absolute atomic E-state index is 0.112. The number of hydrogen-bond donors (Lipinski definition) is 0. The van der Waals surface area contributed by atoms with E-state index >= 15 is 0 Å². The van der Waals surface area contributed by atoms with Gasteiger partial charge in [-0.1, -0.05) is 38.1 Å². The highest BCUT2D eigenvalue weighted by Crippen LogP contribution is 2.49. The van der Waals surface area contributed by atoms with E-state index in [1.54, 1.807) is 0 Å². The Bertz CT molecular complexity index is 671. The first-order chi connectivity index (χ1) is 7.69. The lowest BCUT2D eigenvalue weighted by Crippen LogP contribution is -2.15. The molecule has 0 radical (unpaired) electrons. The molecular weight excluding hydrogens is 196 g/mol. The molecule has 3 aromatic rings. The second kappa shape index (κ2) is 2.32. The van der Waals surface area contributed by atoms with Crippen molar-refractivity contribution in [3.63, 3.8) is 0 Å². The zero-order valence-electron chi connectivity index (χ0n) is 9.37. The van der Waals surface area contributed by atoms with Crippen molar-refractivity contribution in [3.8, 4) is 0 Å². The van der Waals surface area contributed by atoms with E-state index in [0.717, 1.165) is 11.2 Å². The first-order valence-corrected chi connectivity index (χ1v) is 5.65. The van der Waals surface area contributed by atoms with Gasteiger partial charge in [-0.3, -0.25) is 0 Å². The van der Waals surface area contributed by atoms with Crippen LogP contribution >= 0.6 is 0 Å². The Morgan fingerprint density at radius 1 is 0.812 bits per heavy atom. The molecular formula is C15H12O. The average molecular weight is 208 g/mol. The third kappa shape index (κ3) is 0.723. The highest BCUT2D eigenvalue weighted by atomic mass is 16.3. The van der Waals surface area contributed by atoms with Crippen LogP contribution in [-0.2, 0) is 5.41 Å². The van der Waals surface area contributed by atoms with Crippen molar-refractivity contribution in [2.75, 3.05) is 0 Å². The Morgan fingerprint density at radius 3 is 1.81 bits per heavy atom. The van der Waals surface area contributed by atoms with E-state index in [1.807, 2.05) is 0 Å². The topological polar surface area (TPSA) is 13.1 Å². The molecule has 0 N–H and O–H groups in total. The molecule has 0 fully saturated rings. The highest BCUT2D eigenvalue weighted by molar-refractivity contribution is 6.12. The summed E-state index contributed by atoms with van der Waals surface area (Å²) in [5, 5.41) is 2.64. The van der Waals surface area contributed by atoms with Crippen molar-refractivity contribution in [2.24, 2.45) is 0 Å². The summed E-state index contributed by atoms with van der Waals surface area (Å²) < 4.78 is 5.87. The summed E-state index contributed by atoms with van der Waals surface area (Å²) in [5.74, 6) is 0. The van der Waals surface area contributed by atoms with Crippen molar-refractivity contribution < 1.29 is 4.42 Å². The average Bonchev–Trinajstić information content (AvgIpc) is 2.75. The summed E-state index contributed by atoms with van der Waals surface area (Å²) in [6.07, 6.45) is 0. The lowest BCUT2D eigenvalue weighted by molar-refractivity contribution is 0.642. The van der Waals surface area contributed by atoms with Gasteiger partial charge in [0.15, 0.2) is 0 Å². The highest BCUT2D eigenvalue weighted by Gasteiger charge is 2.35. The van der Waals surface area contributed by atoms with Crippen LogP contribution in [0.3, 0.4) is 0 Å². The van der Waals surface area contributed by atoms with Gasteiger partial charge < -0.3 is 4.42 Å². The van der Waals surface area contributed by atoms with Crippen molar-refractivity contribution in [2.45, 2.75) is 19.3 Å². The molecule has 4 rings (SSSR count). The van der Waals surface area contributed by atoms with E-state index in [9.17, 15) is 0 Å². The van der Waals surface area contributed by atoms with Crippen molar-refractivity contribution >= 4 is 21.9 Å². The van der Waals surface area contributed by atoms with Gasteiger partial charge in [0.2, 0.25) is 0 Å². The smallest absolute Gasteiger partial charge is 0.135 e. The van der Waals surface area contributed by atoms with Crippen molar-refractivity contribution in [1.82, 2.24) is 0 Å². The van der Waals surface area contributed by atoms with Crippen LogP contribution in [0.1, 0.15) is 25.0 Å². The fourth-order valence-corrected chi connectivity index (χ4v) is 3.05. The van der Waals surface area contributed by atoms with Crippen LogP contribution in [0.15, 0.2) is 40.8 Å². The maximum Gasteiger partial charge on any atom is 0.135 e. The summed E-state index contributed by atoms with van der Waals surface area (Å²) in [4.78, 5) is 0. The van der Waals surface area contributed by atoms with Gasteiger partial charge in [-0.05, 0) is 23.3 Å². The van der Waals surface area contributed by atoms with Crippen molar-refractivity contribution in [1.29, 1.82) is 0 Å². The van der Waals surface area contributed by atoms with Gasteiger partial charge in [-0.25, -0.2) is 0 Å². The summed E-state index contributed by atoms with van der Waals surface area (Å²) in [7, 11) is 0. The van der Waals surface area contributed by atoms with Crippen LogP contribution in [0.4, 0.5) is 0 Å². The van der Waals surface area contributed by atoms with E-state index < -0.39 is 0 Å². The SMILES string of the molecule is CC1(C)c2cccc3oc4cccc1c4c23. The third-order valence-corrected chi connectivity index (χ3v) is 3.87. The summed E-state index contributed by atoms with van der Waals surface area (Å²) in [6.45, 7) is 4.58. The molecule has 0 unspecified atom stereocenters. The predicted octanol–water partition coefficient (Wildman–Crippen LogP) is 4.23. The lowest BCUT2D eigenvalue weighted by atomic mass is 9.82. The largest absolute Gasteiger partial charge is 0.456 e. The zero-order chi connectivity index (χ0) is 10.9. The summed E-state index contributed by atoms with van der Waals surface area (Å²) in [6, 6.07) is 12.7. The maximum atomic E-state index is 5.87. The standard InChI is InChI=1S/C15H12O/c1-15(2)9-5-3-7-11-13(9)14-10(15)6-4-8-12(14)16-11/h3-8H,1-2H3. The molecule has 0 spiro atoms. The summed E-state index contributed by atoms with van der Waals surface area (Å²) >= 11 is 0. The van der Waals surface area contributed by atoms with Crippen LogP contribution in [0.5, 0.6) is 0 Å². The van der Waals surface area contributed by atoms with Crippen molar-refractivity contribution in [3.05, 3.63) is 47.5 Å². The van der Waals surface area contributed by atoms with Gasteiger partial charge >= 0.3 is 0 Å². The minimum atomic E-state index is 0.112. The molecule has 0 aliphatic heterocycles. The van der Waals surface area contributed by atoms with Crippen LogP contribution in [-0.4, -0.2) is 0 Å². The first kappa shape index (κ1) is 8.40. The molecule has 1 aliphatic rings. The normalized spacial score (nSPS) is 16.6. The first-order valence-electron chi connectivity index (χ1n) is 5.65. The van der Waals surface area contributed by atoms with Gasteiger partial charge in [0.1, 0.15) is 11.2 Å². The molecule has 0 saturated heterocycles. The van der Waals surface area contributed by atoms with E-state index in [0.29, 0.717) is 0 Å². The third-order valence-electron chi connectivity index (χ3n) is 3.87. The van der Waals surface area contributed by atoms with Gasteiger partial charge in [-0.2, -0.15) is 0 Å². The Kier molecular flexibility index (Phi) is 1.22. The van der Waals surface area contributed by atoms with E-state index in [-0.39, 0.29) is 5.41 Å². The molecule has 16 heavy (non-hydrogen) atoms. The lowest BCUT2D eigenvalue weighted by Gasteiger charge is -2.22. The van der Waals surface area contributed by atoms with Gasteiger partial charge in [0.05, 0.1) is 0 Å². The molecule has 0 amide bonds. The molecule has 0 atom stereocenters. The second-order valence-corrected chi connectivity index (χ2v) is 5.08. The Labute approximate surface area is 93.7 Å². The van der Waals surface area contributed by atoms with E-state index in [4.69, 9.17) is 4.42 Å². The monoisotopic (exact) mass is 208 g/mol. The molecule has 1 heterocycles. The number of furan rings is 1. The molecule has 1 aromatic heterocycles. The second-order valence-electron chi connectivity index (χ2n) is 5.08. The molecule has 1 nitrogen and oxygen atoms in total. The molecule has 0 saturated carbocycles. The fourth-order valence-electron chi connectivity index (χ4n) is 3.05. The number of hydrogen-bond acceptors (Lipinski definition) is 1. The van der Waals surface area contributed by atoms with Gasteiger partial charge in [-0.15, -0.1) is 0 Å². The number of rotatable bonds is 0. The Balaban J connectivity index is 2.42. The van der Waals surface area contributed by atoms with Crippen LogP contribution < -0.4 is 0 Å². The predicted molar refractivity (Wildman–Crippen MR) is 65.8 cm³/mol. The van der Waals surface area contributed by atoms with Crippen LogP contribution in [0, 0.1) is 0 Å². The van der Waals surface area contributed by atoms with Crippen LogP contribution in [0.25, 0.3) is 21.9 Å². The van der Waals surface area contributed by atoms with E-state index in [2.05, 4.69) is 50.2 Å². The Morgan fingerprint density at radius 2 is 1.31 bits per heavy atom. The fraction of sp³-hybridized carbons (Fsp3) is 0.200. The molecule has 1 aliphatic carbocycles.